The molecule has 1 aliphatic rings. The molecular formula is C23H24ClN3O5. The van der Waals surface area contributed by atoms with Gasteiger partial charge in [0, 0.05) is 21.8 Å². The standard InChI is InChI=1S/C23H24ClN3O5/c24-17-6-4-5-16(12-17)23(7-2-1-3-8-23)22(31)32-13-19(28)27-18-10-14(20(25)29)9-15(11-18)21(26)30/h4-6,9-12H,1-3,7-8,13H2,(H2,25,29)(H2,26,30)(H,27,28). The summed E-state index contributed by atoms with van der Waals surface area (Å²) in [6.45, 7) is -0.534. The first-order valence-corrected chi connectivity index (χ1v) is 10.6. The van der Waals surface area contributed by atoms with Crippen molar-refractivity contribution in [3.8, 4) is 0 Å². The number of nitrogens with one attached hydrogen (secondary N) is 1. The quantitative estimate of drug-likeness (QED) is 0.548. The van der Waals surface area contributed by atoms with E-state index >= 15 is 0 Å². The highest BCUT2D eigenvalue weighted by Crippen LogP contribution is 2.41. The van der Waals surface area contributed by atoms with Crippen molar-refractivity contribution in [2.75, 3.05) is 11.9 Å². The van der Waals surface area contributed by atoms with Crippen LogP contribution in [0.2, 0.25) is 5.02 Å². The summed E-state index contributed by atoms with van der Waals surface area (Å²) in [7, 11) is 0. The molecule has 0 bridgehead atoms. The largest absolute Gasteiger partial charge is 0.455 e. The zero-order valence-electron chi connectivity index (χ0n) is 17.4. The predicted molar refractivity (Wildman–Crippen MR) is 119 cm³/mol. The molecule has 0 heterocycles. The number of carbonyl (C=O) groups is 4. The van der Waals surface area contributed by atoms with E-state index in [4.69, 9.17) is 27.8 Å². The zero-order valence-corrected chi connectivity index (χ0v) is 18.1. The topological polar surface area (TPSA) is 142 Å². The third kappa shape index (κ3) is 5.26. The molecule has 0 atom stereocenters. The number of ether oxygens (including phenoxy) is 1. The molecule has 1 fully saturated rings. The van der Waals surface area contributed by atoms with Crippen molar-refractivity contribution in [1.29, 1.82) is 0 Å². The smallest absolute Gasteiger partial charge is 0.317 e. The van der Waals surface area contributed by atoms with Crippen LogP contribution in [0.5, 0.6) is 0 Å². The van der Waals surface area contributed by atoms with Crippen LogP contribution in [-0.2, 0) is 19.7 Å². The van der Waals surface area contributed by atoms with E-state index in [9.17, 15) is 19.2 Å². The highest BCUT2D eigenvalue weighted by molar-refractivity contribution is 6.30. The number of hydrogen-bond acceptors (Lipinski definition) is 5. The Bertz CT molecular complexity index is 1030. The van der Waals surface area contributed by atoms with Gasteiger partial charge in [-0.25, -0.2) is 0 Å². The minimum atomic E-state index is -0.853. The lowest BCUT2D eigenvalue weighted by Crippen LogP contribution is -2.40. The fourth-order valence-electron chi connectivity index (χ4n) is 4.00. The molecule has 168 valence electrons. The second kappa shape index (κ2) is 9.82. The van der Waals surface area contributed by atoms with E-state index in [0.717, 1.165) is 24.8 Å². The Labute approximate surface area is 190 Å². The Hall–Kier alpha value is -3.39. The molecule has 32 heavy (non-hydrogen) atoms. The lowest BCUT2D eigenvalue weighted by atomic mass is 9.69. The highest BCUT2D eigenvalue weighted by atomic mass is 35.5. The number of primary amides is 2. The van der Waals surface area contributed by atoms with Crippen molar-refractivity contribution in [3.63, 3.8) is 0 Å². The van der Waals surface area contributed by atoms with Crippen LogP contribution in [0.3, 0.4) is 0 Å². The van der Waals surface area contributed by atoms with Crippen LogP contribution >= 0.6 is 11.6 Å². The summed E-state index contributed by atoms with van der Waals surface area (Å²) in [5.41, 5.74) is 10.6. The maximum absolute atomic E-state index is 13.1. The first-order chi connectivity index (χ1) is 15.2. The van der Waals surface area contributed by atoms with Crippen molar-refractivity contribution in [1.82, 2.24) is 0 Å². The zero-order chi connectivity index (χ0) is 23.3. The van der Waals surface area contributed by atoms with Crippen molar-refractivity contribution in [2.24, 2.45) is 11.5 Å². The average molecular weight is 458 g/mol. The Morgan fingerprint density at radius 1 is 0.938 bits per heavy atom. The van der Waals surface area contributed by atoms with Gasteiger partial charge >= 0.3 is 5.97 Å². The number of nitrogens with two attached hydrogens (primary N) is 2. The molecule has 8 nitrogen and oxygen atoms in total. The SMILES string of the molecule is NC(=O)c1cc(NC(=O)COC(=O)C2(c3cccc(Cl)c3)CCCCC2)cc(C(N)=O)c1. The number of rotatable bonds is 7. The number of carbonyl (C=O) groups excluding carboxylic acids is 4. The number of hydrogen-bond donors (Lipinski definition) is 3. The summed E-state index contributed by atoms with van der Waals surface area (Å²) in [4.78, 5) is 48.5. The lowest BCUT2D eigenvalue weighted by molar-refractivity contribution is -0.154. The van der Waals surface area contributed by atoms with E-state index in [0.29, 0.717) is 17.9 Å². The van der Waals surface area contributed by atoms with Crippen LogP contribution in [0.1, 0.15) is 58.4 Å². The number of halogens is 1. The molecule has 0 aliphatic heterocycles. The fourth-order valence-corrected chi connectivity index (χ4v) is 4.19. The Morgan fingerprint density at radius 2 is 1.56 bits per heavy atom. The summed E-state index contributed by atoms with van der Waals surface area (Å²) in [6.07, 6.45) is 3.97. The van der Waals surface area contributed by atoms with Crippen LogP contribution in [0, 0.1) is 0 Å². The van der Waals surface area contributed by atoms with Crippen molar-refractivity contribution in [2.45, 2.75) is 37.5 Å². The van der Waals surface area contributed by atoms with Gasteiger partial charge in [-0.2, -0.15) is 0 Å². The highest BCUT2D eigenvalue weighted by Gasteiger charge is 2.43. The number of benzene rings is 2. The van der Waals surface area contributed by atoms with Gasteiger partial charge in [-0.3, -0.25) is 19.2 Å². The van der Waals surface area contributed by atoms with Crippen molar-refractivity contribution < 1.29 is 23.9 Å². The minimum Gasteiger partial charge on any atom is -0.455 e. The fraction of sp³-hybridized carbons (Fsp3) is 0.304. The van der Waals surface area contributed by atoms with Gasteiger partial charge in [0.25, 0.3) is 5.91 Å². The Kier molecular flexibility index (Phi) is 7.15. The second-order valence-corrected chi connectivity index (χ2v) is 8.24. The normalized spacial score (nSPS) is 14.9. The van der Waals surface area contributed by atoms with Gasteiger partial charge < -0.3 is 21.5 Å². The van der Waals surface area contributed by atoms with E-state index in [1.165, 1.54) is 18.2 Å². The maximum Gasteiger partial charge on any atom is 0.317 e. The molecule has 0 aromatic heterocycles. The first-order valence-electron chi connectivity index (χ1n) is 10.2. The monoisotopic (exact) mass is 457 g/mol. The van der Waals surface area contributed by atoms with Crippen LogP contribution in [0.4, 0.5) is 5.69 Å². The van der Waals surface area contributed by atoms with Gasteiger partial charge in [0.05, 0.1) is 5.41 Å². The molecule has 3 rings (SSSR count). The van der Waals surface area contributed by atoms with Crippen LogP contribution in [-0.4, -0.2) is 30.3 Å². The van der Waals surface area contributed by atoms with Crippen molar-refractivity contribution >= 4 is 41.0 Å². The molecule has 0 spiro atoms. The van der Waals surface area contributed by atoms with Crippen LogP contribution in [0.15, 0.2) is 42.5 Å². The van der Waals surface area contributed by atoms with Gasteiger partial charge in [-0.1, -0.05) is 43.0 Å². The van der Waals surface area contributed by atoms with Crippen LogP contribution < -0.4 is 16.8 Å². The number of amides is 3. The summed E-state index contributed by atoms with van der Waals surface area (Å²) in [6, 6.07) is 11.0. The molecule has 2 aromatic rings. The molecule has 2 aromatic carbocycles. The van der Waals surface area contributed by atoms with E-state index in [1.54, 1.807) is 18.2 Å². The lowest BCUT2D eigenvalue weighted by Gasteiger charge is -2.35. The molecule has 0 unspecified atom stereocenters. The molecule has 0 saturated heterocycles. The van der Waals surface area contributed by atoms with Gasteiger partial charge in [-0.05, 0) is 48.7 Å². The summed E-state index contributed by atoms with van der Waals surface area (Å²) < 4.78 is 5.39. The van der Waals surface area contributed by atoms with E-state index in [-0.39, 0.29) is 16.8 Å². The number of anilines is 1. The molecule has 1 saturated carbocycles. The van der Waals surface area contributed by atoms with Crippen LogP contribution in [0.25, 0.3) is 0 Å². The summed E-state index contributed by atoms with van der Waals surface area (Å²) in [5.74, 6) is -2.68. The van der Waals surface area contributed by atoms with E-state index in [1.807, 2.05) is 6.07 Å². The third-order valence-electron chi connectivity index (χ3n) is 5.60. The number of esters is 1. The molecule has 0 radical (unpaired) electrons. The molecular weight excluding hydrogens is 434 g/mol. The van der Waals surface area contributed by atoms with Crippen molar-refractivity contribution in [3.05, 3.63) is 64.2 Å². The Balaban J connectivity index is 1.73. The van der Waals surface area contributed by atoms with Gasteiger partial charge in [0.15, 0.2) is 6.61 Å². The first kappa shape index (κ1) is 23.3. The van der Waals surface area contributed by atoms with E-state index in [2.05, 4.69) is 5.32 Å². The predicted octanol–water partition coefficient (Wildman–Crippen LogP) is 2.92. The van der Waals surface area contributed by atoms with Gasteiger partial charge in [0.2, 0.25) is 11.8 Å². The minimum absolute atomic E-state index is 0.00992. The average Bonchev–Trinajstić information content (AvgIpc) is 2.77. The second-order valence-electron chi connectivity index (χ2n) is 7.80. The third-order valence-corrected chi connectivity index (χ3v) is 5.83. The molecule has 5 N–H and O–H groups in total. The maximum atomic E-state index is 13.1. The van der Waals surface area contributed by atoms with Gasteiger partial charge in [0.1, 0.15) is 0 Å². The van der Waals surface area contributed by atoms with Gasteiger partial charge in [-0.15, -0.1) is 0 Å². The summed E-state index contributed by atoms with van der Waals surface area (Å²) >= 11 is 6.14. The molecule has 1 aliphatic carbocycles. The molecule has 3 amide bonds. The Morgan fingerprint density at radius 3 is 2.12 bits per heavy atom. The van der Waals surface area contributed by atoms with E-state index < -0.39 is 35.7 Å². The molecule has 9 heteroatoms. The summed E-state index contributed by atoms with van der Waals surface area (Å²) in [5, 5.41) is 3.02.